The van der Waals surface area contributed by atoms with Gasteiger partial charge in [0.25, 0.3) is 0 Å². The highest BCUT2D eigenvalue weighted by atomic mass is 16.7. The van der Waals surface area contributed by atoms with E-state index < -0.39 is 11.2 Å². The van der Waals surface area contributed by atoms with E-state index in [4.69, 9.17) is 14.2 Å². The molecule has 0 saturated carbocycles. The number of aliphatic hydroxyl groups is 1. The summed E-state index contributed by atoms with van der Waals surface area (Å²) in [7, 11) is 0. The first-order valence-corrected chi connectivity index (χ1v) is 6.56. The highest BCUT2D eigenvalue weighted by Gasteiger charge is 2.40. The third-order valence-corrected chi connectivity index (χ3v) is 3.31. The largest absolute Gasteiger partial charge is 0.396 e. The molecule has 19 heavy (non-hydrogen) atoms. The van der Waals surface area contributed by atoms with Gasteiger partial charge in [0.1, 0.15) is 0 Å². The maximum absolute atomic E-state index is 9.57. The van der Waals surface area contributed by atoms with Crippen molar-refractivity contribution >= 4 is 0 Å². The van der Waals surface area contributed by atoms with Crippen LogP contribution in [0.25, 0.3) is 0 Å². The molecule has 0 amide bonds. The molecule has 1 saturated heterocycles. The van der Waals surface area contributed by atoms with Crippen molar-refractivity contribution in [1.29, 1.82) is 0 Å². The highest BCUT2D eigenvalue weighted by Crippen LogP contribution is 2.29. The molecule has 0 aliphatic carbocycles. The lowest BCUT2D eigenvalue weighted by Crippen LogP contribution is -2.50. The van der Waals surface area contributed by atoms with Gasteiger partial charge in [-0.3, -0.25) is 0 Å². The van der Waals surface area contributed by atoms with Crippen molar-refractivity contribution in [2.45, 2.75) is 26.2 Å². The van der Waals surface area contributed by atoms with E-state index in [9.17, 15) is 5.11 Å². The lowest BCUT2D eigenvalue weighted by molar-refractivity contribution is -0.297. The van der Waals surface area contributed by atoms with Gasteiger partial charge < -0.3 is 19.3 Å². The van der Waals surface area contributed by atoms with Crippen LogP contribution in [0.3, 0.4) is 0 Å². The second kappa shape index (κ2) is 6.01. The minimum atomic E-state index is -0.571. The zero-order chi connectivity index (χ0) is 13.8. The fourth-order valence-electron chi connectivity index (χ4n) is 1.92. The van der Waals surface area contributed by atoms with E-state index >= 15 is 0 Å². The molecule has 1 aromatic rings. The van der Waals surface area contributed by atoms with Crippen molar-refractivity contribution in [3.05, 3.63) is 35.9 Å². The molecule has 1 N–H and O–H groups in total. The van der Waals surface area contributed by atoms with E-state index in [1.807, 2.05) is 44.2 Å². The average molecular weight is 266 g/mol. The van der Waals surface area contributed by atoms with Crippen LogP contribution in [0.1, 0.15) is 19.4 Å². The molecular formula is C15H22O4. The Hall–Kier alpha value is -0.940. The van der Waals surface area contributed by atoms with Gasteiger partial charge in [0.05, 0.1) is 38.4 Å². The topological polar surface area (TPSA) is 47.9 Å². The normalized spacial score (nSPS) is 21.2. The molecule has 0 aromatic heterocycles. The maximum atomic E-state index is 9.57. The third-order valence-electron chi connectivity index (χ3n) is 3.31. The first kappa shape index (κ1) is 14.5. The second-order valence-corrected chi connectivity index (χ2v) is 5.61. The Morgan fingerprint density at radius 2 is 1.79 bits per heavy atom. The fraction of sp³-hybridized carbons (Fsp3) is 0.600. The van der Waals surface area contributed by atoms with Gasteiger partial charge >= 0.3 is 0 Å². The standard InChI is InChI=1S/C15H22O4/c1-14(2)18-11-15(9-16,12-19-14)10-17-8-13-6-4-3-5-7-13/h3-7,16H,8-12H2,1-2H3. The van der Waals surface area contributed by atoms with Gasteiger partial charge in [-0.05, 0) is 19.4 Å². The molecule has 2 rings (SSSR count). The summed E-state index contributed by atoms with van der Waals surface area (Å²) in [5.41, 5.74) is 0.665. The van der Waals surface area contributed by atoms with E-state index in [1.165, 1.54) is 0 Å². The lowest BCUT2D eigenvalue weighted by atomic mass is 9.91. The van der Waals surface area contributed by atoms with Crippen LogP contribution in [-0.2, 0) is 20.8 Å². The molecule has 4 heteroatoms. The summed E-state index contributed by atoms with van der Waals surface area (Å²) in [4.78, 5) is 0. The van der Waals surface area contributed by atoms with Crippen molar-refractivity contribution in [1.82, 2.24) is 0 Å². The first-order valence-electron chi connectivity index (χ1n) is 6.56. The molecule has 0 radical (unpaired) electrons. The SMILES string of the molecule is CC1(C)OCC(CO)(COCc2ccccc2)CO1. The Bertz CT molecular complexity index is 378. The van der Waals surface area contributed by atoms with Gasteiger partial charge in [-0.2, -0.15) is 0 Å². The van der Waals surface area contributed by atoms with Crippen molar-refractivity contribution in [3.8, 4) is 0 Å². The molecule has 1 aliphatic rings. The van der Waals surface area contributed by atoms with Gasteiger partial charge in [-0.1, -0.05) is 30.3 Å². The molecule has 1 fully saturated rings. The zero-order valence-corrected chi connectivity index (χ0v) is 11.6. The minimum Gasteiger partial charge on any atom is -0.396 e. The minimum absolute atomic E-state index is 0.00211. The predicted molar refractivity (Wildman–Crippen MR) is 71.6 cm³/mol. The smallest absolute Gasteiger partial charge is 0.162 e. The quantitative estimate of drug-likeness (QED) is 0.885. The molecular weight excluding hydrogens is 244 g/mol. The molecule has 1 aromatic carbocycles. The zero-order valence-electron chi connectivity index (χ0n) is 11.6. The van der Waals surface area contributed by atoms with Gasteiger partial charge in [-0.15, -0.1) is 0 Å². The van der Waals surface area contributed by atoms with Gasteiger partial charge in [-0.25, -0.2) is 0 Å². The number of hydrogen-bond donors (Lipinski definition) is 1. The summed E-state index contributed by atoms with van der Waals surface area (Å²) in [5, 5.41) is 9.57. The third kappa shape index (κ3) is 4.01. The molecule has 4 nitrogen and oxygen atoms in total. The Morgan fingerprint density at radius 1 is 1.16 bits per heavy atom. The maximum Gasteiger partial charge on any atom is 0.162 e. The second-order valence-electron chi connectivity index (χ2n) is 5.61. The van der Waals surface area contributed by atoms with Crippen LogP contribution in [0, 0.1) is 5.41 Å². The molecule has 0 bridgehead atoms. The lowest BCUT2D eigenvalue weighted by Gasteiger charge is -2.42. The van der Waals surface area contributed by atoms with E-state index in [0.29, 0.717) is 26.4 Å². The van der Waals surface area contributed by atoms with Gasteiger partial charge in [0, 0.05) is 0 Å². The summed E-state index contributed by atoms with van der Waals surface area (Å²) in [6.45, 7) is 5.60. The Morgan fingerprint density at radius 3 is 2.37 bits per heavy atom. The van der Waals surface area contributed by atoms with Crippen molar-refractivity contribution in [2.75, 3.05) is 26.4 Å². The molecule has 1 heterocycles. The summed E-state index contributed by atoms with van der Waals surface area (Å²) >= 11 is 0. The Balaban J connectivity index is 1.83. The van der Waals surface area contributed by atoms with Crippen LogP contribution in [0.2, 0.25) is 0 Å². The molecule has 0 atom stereocenters. The van der Waals surface area contributed by atoms with Crippen LogP contribution in [0.4, 0.5) is 0 Å². The van der Waals surface area contributed by atoms with E-state index in [-0.39, 0.29) is 6.61 Å². The summed E-state index contributed by atoms with van der Waals surface area (Å²) in [6, 6.07) is 9.97. The fourth-order valence-corrected chi connectivity index (χ4v) is 1.92. The van der Waals surface area contributed by atoms with Crippen LogP contribution in [0.5, 0.6) is 0 Å². The van der Waals surface area contributed by atoms with Crippen LogP contribution in [0.15, 0.2) is 30.3 Å². The van der Waals surface area contributed by atoms with Gasteiger partial charge in [0.2, 0.25) is 0 Å². The molecule has 0 spiro atoms. The number of benzene rings is 1. The molecule has 106 valence electrons. The Kier molecular flexibility index (Phi) is 4.58. The number of rotatable bonds is 5. The predicted octanol–water partition coefficient (Wildman–Crippen LogP) is 1.96. The van der Waals surface area contributed by atoms with E-state index in [1.54, 1.807) is 0 Å². The van der Waals surface area contributed by atoms with Crippen molar-refractivity contribution in [2.24, 2.45) is 5.41 Å². The van der Waals surface area contributed by atoms with Crippen LogP contribution < -0.4 is 0 Å². The van der Waals surface area contributed by atoms with E-state index in [2.05, 4.69) is 0 Å². The molecule has 0 unspecified atom stereocenters. The van der Waals surface area contributed by atoms with Crippen molar-refractivity contribution < 1.29 is 19.3 Å². The summed E-state index contributed by atoms with van der Waals surface area (Å²) in [5.74, 6) is -0.571. The summed E-state index contributed by atoms with van der Waals surface area (Å²) in [6.07, 6.45) is 0. The van der Waals surface area contributed by atoms with Crippen LogP contribution in [-0.4, -0.2) is 37.3 Å². The monoisotopic (exact) mass is 266 g/mol. The van der Waals surface area contributed by atoms with E-state index in [0.717, 1.165) is 5.56 Å². The molecule has 1 aliphatic heterocycles. The van der Waals surface area contributed by atoms with Gasteiger partial charge in [0.15, 0.2) is 5.79 Å². The number of hydrogen-bond acceptors (Lipinski definition) is 4. The Labute approximate surface area is 114 Å². The number of ether oxygens (including phenoxy) is 3. The van der Waals surface area contributed by atoms with Crippen molar-refractivity contribution in [3.63, 3.8) is 0 Å². The summed E-state index contributed by atoms with van der Waals surface area (Å²) < 4.78 is 16.9. The highest BCUT2D eigenvalue weighted by molar-refractivity contribution is 5.13. The van der Waals surface area contributed by atoms with Crippen LogP contribution >= 0.6 is 0 Å². The first-order chi connectivity index (χ1) is 9.05. The average Bonchev–Trinajstić information content (AvgIpc) is 2.42. The number of aliphatic hydroxyl groups excluding tert-OH is 1.